The normalized spacial score (nSPS) is 17.6. The van der Waals surface area contributed by atoms with Crippen LogP contribution in [0.3, 0.4) is 0 Å². The van der Waals surface area contributed by atoms with Crippen molar-refractivity contribution >= 4 is 15.9 Å². The van der Waals surface area contributed by atoms with E-state index in [0.29, 0.717) is 5.41 Å². The van der Waals surface area contributed by atoms with Crippen LogP contribution in [-0.4, -0.2) is 13.6 Å². The van der Waals surface area contributed by atoms with Gasteiger partial charge in [-0.1, -0.05) is 34.8 Å². The third kappa shape index (κ3) is 3.85. The van der Waals surface area contributed by atoms with E-state index in [1.165, 1.54) is 67.1 Å². The predicted octanol–water partition coefficient (Wildman–Crippen LogP) is 5.17. The third-order valence-electron chi connectivity index (χ3n) is 5.11. The molecule has 0 heterocycles. The van der Waals surface area contributed by atoms with Crippen LogP contribution in [-0.2, 0) is 6.42 Å². The maximum Gasteiger partial charge on any atom is 0.0207 e. The van der Waals surface area contributed by atoms with Crippen LogP contribution >= 0.6 is 15.9 Å². The third-order valence-corrected chi connectivity index (χ3v) is 5.97. The van der Waals surface area contributed by atoms with Gasteiger partial charge in [-0.05, 0) is 87.7 Å². The molecule has 0 radical (unpaired) electrons. The summed E-state index contributed by atoms with van der Waals surface area (Å²) < 4.78 is 1.24. The molecule has 1 N–H and O–H groups in total. The molecule has 112 valence electrons. The standard InChI is InChI=1S/C18H28BrN/c1-14-13-17(19)15(2)12-16(14)6-9-18(10-11-20-3)7-4-5-8-18/h12-13,20H,4-11H2,1-3H3. The van der Waals surface area contributed by atoms with Crippen molar-refractivity contribution in [3.8, 4) is 0 Å². The highest BCUT2D eigenvalue weighted by Gasteiger charge is 2.32. The van der Waals surface area contributed by atoms with E-state index in [2.05, 4.69) is 54.3 Å². The molecule has 1 nitrogen and oxygen atoms in total. The van der Waals surface area contributed by atoms with E-state index in [1.54, 1.807) is 5.56 Å². The number of hydrogen-bond acceptors (Lipinski definition) is 1. The van der Waals surface area contributed by atoms with Gasteiger partial charge in [-0.25, -0.2) is 0 Å². The average Bonchev–Trinajstić information content (AvgIpc) is 2.88. The molecule has 0 unspecified atom stereocenters. The quantitative estimate of drug-likeness (QED) is 0.755. The van der Waals surface area contributed by atoms with Crippen LogP contribution in [0.2, 0.25) is 0 Å². The lowest BCUT2D eigenvalue weighted by molar-refractivity contribution is 0.247. The first-order chi connectivity index (χ1) is 9.56. The highest BCUT2D eigenvalue weighted by molar-refractivity contribution is 9.10. The fourth-order valence-electron chi connectivity index (χ4n) is 3.65. The lowest BCUT2D eigenvalue weighted by Gasteiger charge is -2.29. The van der Waals surface area contributed by atoms with Crippen molar-refractivity contribution < 1.29 is 0 Å². The molecule has 1 aliphatic carbocycles. The van der Waals surface area contributed by atoms with Gasteiger partial charge in [0.05, 0.1) is 0 Å². The minimum Gasteiger partial charge on any atom is -0.320 e. The van der Waals surface area contributed by atoms with Crippen LogP contribution in [0.25, 0.3) is 0 Å². The minimum atomic E-state index is 0.608. The lowest BCUT2D eigenvalue weighted by Crippen LogP contribution is -2.23. The van der Waals surface area contributed by atoms with Gasteiger partial charge in [0.2, 0.25) is 0 Å². The Balaban J connectivity index is 2.04. The van der Waals surface area contributed by atoms with Crippen molar-refractivity contribution in [2.75, 3.05) is 13.6 Å². The Kier molecular flexibility index (Phi) is 5.68. The van der Waals surface area contributed by atoms with Crippen LogP contribution in [0.4, 0.5) is 0 Å². The highest BCUT2D eigenvalue weighted by Crippen LogP contribution is 2.44. The van der Waals surface area contributed by atoms with Gasteiger partial charge in [-0.15, -0.1) is 0 Å². The Morgan fingerprint density at radius 3 is 2.45 bits per heavy atom. The van der Waals surface area contributed by atoms with Crippen molar-refractivity contribution in [3.05, 3.63) is 33.3 Å². The smallest absolute Gasteiger partial charge is 0.0207 e. The maximum atomic E-state index is 3.63. The predicted molar refractivity (Wildman–Crippen MR) is 91.4 cm³/mol. The summed E-state index contributed by atoms with van der Waals surface area (Å²) in [4.78, 5) is 0. The number of benzene rings is 1. The molecule has 1 aromatic carbocycles. The van der Waals surface area contributed by atoms with E-state index in [0.717, 1.165) is 0 Å². The average molecular weight is 338 g/mol. The zero-order valence-corrected chi connectivity index (χ0v) is 14.8. The fraction of sp³-hybridized carbons (Fsp3) is 0.667. The Hall–Kier alpha value is -0.340. The molecule has 0 atom stereocenters. The Bertz CT molecular complexity index is 447. The fourth-order valence-corrected chi connectivity index (χ4v) is 4.11. The van der Waals surface area contributed by atoms with Crippen LogP contribution in [0.5, 0.6) is 0 Å². The van der Waals surface area contributed by atoms with Crippen molar-refractivity contribution in [2.45, 2.75) is 58.8 Å². The zero-order chi connectivity index (χ0) is 14.6. The summed E-state index contributed by atoms with van der Waals surface area (Å²) in [7, 11) is 2.07. The van der Waals surface area contributed by atoms with Gasteiger partial charge in [0.25, 0.3) is 0 Å². The summed E-state index contributed by atoms with van der Waals surface area (Å²) in [5, 5.41) is 3.34. The molecule has 20 heavy (non-hydrogen) atoms. The summed E-state index contributed by atoms with van der Waals surface area (Å²) in [6, 6.07) is 4.65. The first kappa shape index (κ1) is 16.0. The molecule has 2 heteroatoms. The zero-order valence-electron chi connectivity index (χ0n) is 13.2. The van der Waals surface area contributed by atoms with Gasteiger partial charge in [0.15, 0.2) is 0 Å². The van der Waals surface area contributed by atoms with Crippen molar-refractivity contribution in [1.29, 1.82) is 0 Å². The van der Waals surface area contributed by atoms with Crippen molar-refractivity contribution in [3.63, 3.8) is 0 Å². The Labute approximate surface area is 132 Å². The highest BCUT2D eigenvalue weighted by atomic mass is 79.9. The molecule has 0 amide bonds. The topological polar surface area (TPSA) is 12.0 Å². The molecule has 0 saturated heterocycles. The summed E-state index contributed by atoms with van der Waals surface area (Å²) >= 11 is 3.63. The number of hydrogen-bond donors (Lipinski definition) is 1. The monoisotopic (exact) mass is 337 g/mol. The van der Waals surface area contributed by atoms with E-state index in [4.69, 9.17) is 0 Å². The van der Waals surface area contributed by atoms with Gasteiger partial charge in [-0.2, -0.15) is 0 Å². The van der Waals surface area contributed by atoms with Crippen LogP contribution in [0, 0.1) is 19.3 Å². The Morgan fingerprint density at radius 2 is 1.80 bits per heavy atom. The van der Waals surface area contributed by atoms with Crippen LogP contribution in [0.1, 0.15) is 55.2 Å². The van der Waals surface area contributed by atoms with Gasteiger partial charge in [0.1, 0.15) is 0 Å². The molecule has 1 saturated carbocycles. The maximum absolute atomic E-state index is 3.63. The number of nitrogens with one attached hydrogen (secondary N) is 1. The minimum absolute atomic E-state index is 0.608. The first-order valence-electron chi connectivity index (χ1n) is 7.97. The number of aryl methyl sites for hydroxylation is 3. The summed E-state index contributed by atoms with van der Waals surface area (Å²) in [5.41, 5.74) is 4.95. The van der Waals surface area contributed by atoms with E-state index in [-0.39, 0.29) is 0 Å². The molecule has 1 aromatic rings. The van der Waals surface area contributed by atoms with E-state index < -0.39 is 0 Å². The van der Waals surface area contributed by atoms with E-state index in [9.17, 15) is 0 Å². The van der Waals surface area contributed by atoms with Gasteiger partial charge < -0.3 is 5.32 Å². The van der Waals surface area contributed by atoms with Gasteiger partial charge >= 0.3 is 0 Å². The molecule has 0 aliphatic heterocycles. The molecular weight excluding hydrogens is 310 g/mol. The first-order valence-corrected chi connectivity index (χ1v) is 8.76. The van der Waals surface area contributed by atoms with Crippen molar-refractivity contribution in [1.82, 2.24) is 5.32 Å². The molecule has 0 spiro atoms. The lowest BCUT2D eigenvalue weighted by atomic mass is 9.77. The van der Waals surface area contributed by atoms with Gasteiger partial charge in [-0.3, -0.25) is 0 Å². The molecular formula is C18H28BrN. The summed E-state index contributed by atoms with van der Waals surface area (Å²) in [5.74, 6) is 0. The SMILES string of the molecule is CNCCC1(CCc2cc(C)c(Br)cc2C)CCCC1. The molecule has 1 fully saturated rings. The Morgan fingerprint density at radius 1 is 1.10 bits per heavy atom. The second kappa shape index (κ2) is 7.09. The van der Waals surface area contributed by atoms with Gasteiger partial charge in [0, 0.05) is 4.47 Å². The number of halogens is 1. The van der Waals surface area contributed by atoms with Crippen LogP contribution < -0.4 is 5.32 Å². The molecule has 1 aliphatic rings. The molecule has 0 aromatic heterocycles. The largest absolute Gasteiger partial charge is 0.320 e. The van der Waals surface area contributed by atoms with E-state index in [1.807, 2.05) is 0 Å². The number of rotatable bonds is 6. The summed E-state index contributed by atoms with van der Waals surface area (Å²) in [6.45, 7) is 5.60. The molecule has 2 rings (SSSR count). The van der Waals surface area contributed by atoms with E-state index >= 15 is 0 Å². The second-order valence-electron chi connectivity index (χ2n) is 6.59. The van der Waals surface area contributed by atoms with Crippen LogP contribution in [0.15, 0.2) is 16.6 Å². The molecule has 0 bridgehead atoms. The van der Waals surface area contributed by atoms with Crippen molar-refractivity contribution in [2.24, 2.45) is 5.41 Å². The summed E-state index contributed by atoms with van der Waals surface area (Å²) in [6.07, 6.45) is 9.68. The second-order valence-corrected chi connectivity index (χ2v) is 7.44.